The second-order valence-corrected chi connectivity index (χ2v) is 11.8. The van der Waals surface area contributed by atoms with E-state index < -0.39 is 142 Å². The van der Waals surface area contributed by atoms with Crippen LogP contribution >= 0.6 is 0 Å². The van der Waals surface area contributed by atoms with E-state index in [2.05, 4.69) is 5.32 Å². The predicted molar refractivity (Wildman–Crippen MR) is 143 cm³/mol. The molecule has 1 amide bonds. The van der Waals surface area contributed by atoms with Crippen LogP contribution in [-0.2, 0) is 38.0 Å². The lowest BCUT2D eigenvalue weighted by Crippen LogP contribution is -2.69. The van der Waals surface area contributed by atoms with Gasteiger partial charge in [0, 0.05) is 6.92 Å². The highest BCUT2D eigenvalue weighted by atomic mass is 16.8. The molecular formula is C26H45NO19. The first kappa shape index (κ1) is 37.6. The molecule has 20 nitrogen and oxygen atoms in total. The predicted octanol–water partition coefficient (Wildman–Crippen LogP) is -7.55. The molecule has 4 aliphatic heterocycles. The van der Waals surface area contributed by atoms with Crippen molar-refractivity contribution in [3.63, 3.8) is 0 Å². The summed E-state index contributed by atoms with van der Waals surface area (Å²) in [4.78, 5) is 12.2. The van der Waals surface area contributed by atoms with Crippen molar-refractivity contribution in [3.05, 3.63) is 0 Å². The van der Waals surface area contributed by atoms with Gasteiger partial charge in [0.1, 0.15) is 85.4 Å². The van der Waals surface area contributed by atoms with Crippen LogP contribution in [0.5, 0.6) is 0 Å². The van der Waals surface area contributed by atoms with Gasteiger partial charge in [-0.25, -0.2) is 0 Å². The molecule has 0 spiro atoms. The third kappa shape index (κ3) is 7.64. The van der Waals surface area contributed by atoms with Crippen LogP contribution in [0, 0.1) is 0 Å². The molecule has 4 fully saturated rings. The summed E-state index contributed by atoms with van der Waals surface area (Å²) in [6.45, 7) is 2.28. The Kier molecular flexibility index (Phi) is 12.7. The van der Waals surface area contributed by atoms with Crippen molar-refractivity contribution in [2.45, 2.75) is 144 Å². The molecule has 20 heteroatoms. The highest BCUT2D eigenvalue weighted by Gasteiger charge is 2.55. The average Bonchev–Trinajstić information content (AvgIpc) is 3.01. The largest absolute Gasteiger partial charge is 0.394 e. The molecular weight excluding hydrogens is 630 g/mol. The van der Waals surface area contributed by atoms with E-state index in [0.29, 0.717) is 0 Å². The minimum Gasteiger partial charge on any atom is -0.394 e. The summed E-state index contributed by atoms with van der Waals surface area (Å²) >= 11 is 0. The summed E-state index contributed by atoms with van der Waals surface area (Å²) < 4.78 is 39.5. The minimum atomic E-state index is -1.88. The zero-order valence-corrected chi connectivity index (χ0v) is 25.1. The monoisotopic (exact) mass is 675 g/mol. The Morgan fingerprint density at radius 2 is 1.13 bits per heavy atom. The van der Waals surface area contributed by atoms with E-state index >= 15 is 0 Å². The molecule has 0 bridgehead atoms. The molecule has 4 heterocycles. The maximum atomic E-state index is 12.2. The van der Waals surface area contributed by atoms with Gasteiger partial charge in [-0.05, 0) is 13.8 Å². The van der Waals surface area contributed by atoms with Crippen LogP contribution in [0.3, 0.4) is 0 Å². The summed E-state index contributed by atoms with van der Waals surface area (Å²) in [7, 11) is 0. The van der Waals surface area contributed by atoms with Crippen LogP contribution in [0.4, 0.5) is 0 Å². The van der Waals surface area contributed by atoms with E-state index in [9.17, 15) is 61.0 Å². The molecule has 0 aromatic carbocycles. The second kappa shape index (κ2) is 15.5. The molecule has 3 unspecified atom stereocenters. The Balaban J connectivity index is 1.58. The van der Waals surface area contributed by atoms with Crippen LogP contribution in [0.1, 0.15) is 20.8 Å². The lowest BCUT2D eigenvalue weighted by Gasteiger charge is -2.50. The van der Waals surface area contributed by atoms with E-state index in [1.807, 2.05) is 0 Å². The van der Waals surface area contributed by atoms with Crippen molar-refractivity contribution in [2.75, 3.05) is 13.2 Å². The Hall–Kier alpha value is -1.25. The third-order valence-electron chi connectivity index (χ3n) is 8.53. The lowest BCUT2D eigenvalue weighted by molar-refractivity contribution is -0.383. The fourth-order valence-corrected chi connectivity index (χ4v) is 5.85. The van der Waals surface area contributed by atoms with E-state index in [1.54, 1.807) is 0 Å². The number of nitrogens with one attached hydrogen (secondary N) is 1. The summed E-state index contributed by atoms with van der Waals surface area (Å²) in [6, 6.07) is -1.54. The SMILES string of the molecule is CC(=O)N[C@H]1C(O[C@H]2C(O[C@@H]3[C@@H](O)[C@@H](O)C(O)O[C@H]3C)O[C@@H](C)[C@H](O)[C@H]2O)O[C@H](CO)[C@@H](O[C@H]2O[C@H](CO)[C@@H](O)[C@H](O)[C@H]2O)[C@@H]1O. The highest BCUT2D eigenvalue weighted by molar-refractivity contribution is 5.73. The maximum absolute atomic E-state index is 12.2. The number of hydrogen-bond acceptors (Lipinski definition) is 19. The van der Waals surface area contributed by atoms with Crippen LogP contribution in [-0.4, -0.2) is 198 Å². The molecule has 0 radical (unpaired) electrons. The normalized spacial score (nSPS) is 51.9. The number of carbonyl (C=O) groups is 1. The van der Waals surface area contributed by atoms with Gasteiger partial charge >= 0.3 is 0 Å². The van der Waals surface area contributed by atoms with Gasteiger partial charge in [-0.2, -0.15) is 0 Å². The zero-order chi connectivity index (χ0) is 34.2. The van der Waals surface area contributed by atoms with Crippen molar-refractivity contribution in [1.29, 1.82) is 0 Å². The van der Waals surface area contributed by atoms with Crippen LogP contribution < -0.4 is 5.32 Å². The second-order valence-electron chi connectivity index (χ2n) is 11.8. The lowest BCUT2D eigenvalue weighted by atomic mass is 9.94. The fourth-order valence-electron chi connectivity index (χ4n) is 5.85. The Labute approximate surface area is 262 Å². The molecule has 0 aromatic heterocycles. The van der Waals surface area contributed by atoms with Crippen LogP contribution in [0.25, 0.3) is 0 Å². The fraction of sp³-hybridized carbons (Fsp3) is 0.962. The molecule has 0 aromatic rings. The molecule has 268 valence electrons. The molecule has 0 aliphatic carbocycles. The number of aliphatic hydroxyl groups excluding tert-OH is 11. The van der Waals surface area contributed by atoms with Gasteiger partial charge in [-0.3, -0.25) is 4.79 Å². The molecule has 12 N–H and O–H groups in total. The number of carbonyl (C=O) groups excluding carboxylic acids is 1. The van der Waals surface area contributed by atoms with E-state index in [-0.39, 0.29) is 0 Å². The van der Waals surface area contributed by atoms with Gasteiger partial charge in [0.25, 0.3) is 0 Å². The van der Waals surface area contributed by atoms with Gasteiger partial charge in [0.2, 0.25) is 5.91 Å². The van der Waals surface area contributed by atoms with Crippen LogP contribution in [0.15, 0.2) is 0 Å². The number of ether oxygens (including phenoxy) is 7. The summed E-state index contributed by atoms with van der Waals surface area (Å²) in [6.07, 6.45) is -30.4. The Bertz CT molecular complexity index is 995. The topological polar surface area (TPSA) is 316 Å². The van der Waals surface area contributed by atoms with Gasteiger partial charge in [0.05, 0.1) is 25.4 Å². The standard InChI is InChI=1S/C26H45NO19/c1-6-12(31)16(35)22(26(41-6)44-20-7(2)40-23(39)18(37)17(20)36)46-24-11(27-8(3)30)14(33)21(10(5-29)43-24)45-25-19(38)15(34)13(32)9(4-28)42-25/h6-7,9-26,28-29,31-39H,4-5H2,1-3H3,(H,27,30)/t6-,7-,9+,10+,11+,12-,13+,14+,15-,16+,17-,18+,19+,20-,21+,22+,23?,24?,25+,26?/m0/s1. The van der Waals surface area contributed by atoms with E-state index in [4.69, 9.17) is 33.2 Å². The number of hydrogen-bond donors (Lipinski definition) is 12. The Morgan fingerprint density at radius 1 is 0.565 bits per heavy atom. The van der Waals surface area contributed by atoms with E-state index in [0.717, 1.165) is 6.92 Å². The number of aliphatic hydroxyl groups is 11. The maximum Gasteiger partial charge on any atom is 0.217 e. The first-order valence-electron chi connectivity index (χ1n) is 14.8. The summed E-state index contributed by atoms with van der Waals surface area (Å²) in [5.74, 6) is -0.707. The van der Waals surface area contributed by atoms with Crippen molar-refractivity contribution in [3.8, 4) is 0 Å². The zero-order valence-electron chi connectivity index (χ0n) is 25.1. The third-order valence-corrected chi connectivity index (χ3v) is 8.53. The van der Waals surface area contributed by atoms with Gasteiger partial charge in [-0.1, -0.05) is 0 Å². The summed E-state index contributed by atoms with van der Waals surface area (Å²) in [5.41, 5.74) is 0. The molecule has 20 atom stereocenters. The highest BCUT2D eigenvalue weighted by Crippen LogP contribution is 2.34. The molecule has 4 saturated heterocycles. The van der Waals surface area contributed by atoms with Gasteiger partial charge in [-0.15, -0.1) is 0 Å². The molecule has 46 heavy (non-hydrogen) atoms. The van der Waals surface area contributed by atoms with Crippen molar-refractivity contribution < 1.29 is 94.1 Å². The van der Waals surface area contributed by atoms with Crippen LogP contribution in [0.2, 0.25) is 0 Å². The quantitative estimate of drug-likeness (QED) is 0.108. The average molecular weight is 676 g/mol. The van der Waals surface area contributed by atoms with Crippen molar-refractivity contribution in [1.82, 2.24) is 5.32 Å². The molecule has 0 saturated carbocycles. The minimum absolute atomic E-state index is 0.707. The molecule has 4 aliphatic rings. The van der Waals surface area contributed by atoms with Gasteiger partial charge < -0.3 is 94.6 Å². The number of amides is 1. The smallest absolute Gasteiger partial charge is 0.217 e. The van der Waals surface area contributed by atoms with Gasteiger partial charge in [0.15, 0.2) is 25.2 Å². The van der Waals surface area contributed by atoms with Crippen molar-refractivity contribution in [2.24, 2.45) is 0 Å². The first-order chi connectivity index (χ1) is 21.6. The summed E-state index contributed by atoms with van der Waals surface area (Å²) in [5, 5.41) is 116. The van der Waals surface area contributed by atoms with E-state index in [1.165, 1.54) is 13.8 Å². The molecule has 4 rings (SSSR count). The van der Waals surface area contributed by atoms with Crippen molar-refractivity contribution >= 4 is 5.91 Å². The Morgan fingerprint density at radius 3 is 1.74 bits per heavy atom. The first-order valence-corrected chi connectivity index (χ1v) is 14.8. The number of rotatable bonds is 9.